The molecule has 3 rings (SSSR count). The molecule has 1 aliphatic heterocycles. The van der Waals surface area contributed by atoms with E-state index >= 15 is 0 Å². The van der Waals surface area contributed by atoms with Crippen LogP contribution in [0, 0.1) is 6.92 Å². The second kappa shape index (κ2) is 11.2. The highest BCUT2D eigenvalue weighted by Crippen LogP contribution is 2.18. The molecule has 2 amide bonds. The molecule has 1 N–H and O–H groups in total. The molecule has 0 saturated carbocycles. The molecule has 0 spiro atoms. The van der Waals surface area contributed by atoms with Crippen molar-refractivity contribution in [3.63, 3.8) is 0 Å². The smallest absolute Gasteiger partial charge is 0.484 e. The molecule has 2 aromatic rings. The third-order valence-corrected chi connectivity index (χ3v) is 5.10. The molecule has 1 saturated heterocycles. The molecule has 1 fully saturated rings. The molecule has 0 bridgehead atoms. The minimum absolute atomic E-state index is 0.00789. The van der Waals surface area contributed by atoms with Crippen molar-refractivity contribution in [2.45, 2.75) is 32.7 Å². The Hall–Kier alpha value is -3.55. The Bertz CT molecular complexity index is 919. The topological polar surface area (TPSA) is 94.2 Å². The van der Waals surface area contributed by atoms with E-state index in [-0.39, 0.29) is 31.1 Å². The lowest BCUT2D eigenvalue weighted by molar-refractivity contribution is -0.124. The highest BCUT2D eigenvalue weighted by molar-refractivity contribution is 5.94. The van der Waals surface area contributed by atoms with Crippen LogP contribution in [-0.2, 0) is 9.53 Å². The summed E-state index contributed by atoms with van der Waals surface area (Å²) in [5.41, 5.74) is 1.64. The van der Waals surface area contributed by atoms with Crippen molar-refractivity contribution >= 4 is 18.0 Å². The molecule has 0 radical (unpaired) electrons. The number of amides is 2. The van der Waals surface area contributed by atoms with Crippen LogP contribution in [0.3, 0.4) is 0 Å². The number of carbonyl (C=O) groups is 3. The van der Waals surface area contributed by atoms with Gasteiger partial charge in [0.25, 0.3) is 11.8 Å². The second-order valence-corrected chi connectivity index (χ2v) is 7.55. The summed E-state index contributed by atoms with van der Waals surface area (Å²) in [4.78, 5) is 38.0. The summed E-state index contributed by atoms with van der Waals surface area (Å²) in [6.45, 7) is 4.96. The number of piperidine rings is 1. The molecule has 8 nitrogen and oxygen atoms in total. The lowest BCUT2D eigenvalue weighted by atomic mass is 10.0. The first kappa shape index (κ1) is 23.1. The van der Waals surface area contributed by atoms with Gasteiger partial charge in [-0.2, -0.15) is 0 Å². The third kappa shape index (κ3) is 6.73. The van der Waals surface area contributed by atoms with Gasteiger partial charge in [-0.25, -0.2) is 4.79 Å². The van der Waals surface area contributed by atoms with Crippen LogP contribution >= 0.6 is 0 Å². The SMILES string of the molecule is CCOC(=O)Oc1ccc(C(=O)N2CCC(NC(=O)COc3ccc(C)cc3)CC2)cc1. The summed E-state index contributed by atoms with van der Waals surface area (Å²) in [7, 11) is 0. The number of hydrogen-bond acceptors (Lipinski definition) is 6. The molecule has 8 heteroatoms. The lowest BCUT2D eigenvalue weighted by Gasteiger charge is -2.32. The second-order valence-electron chi connectivity index (χ2n) is 7.55. The first-order valence-corrected chi connectivity index (χ1v) is 10.7. The van der Waals surface area contributed by atoms with Gasteiger partial charge in [-0.3, -0.25) is 9.59 Å². The minimum atomic E-state index is -0.778. The summed E-state index contributed by atoms with van der Waals surface area (Å²) in [5, 5.41) is 2.97. The first-order valence-electron chi connectivity index (χ1n) is 10.7. The van der Waals surface area contributed by atoms with Crippen LogP contribution < -0.4 is 14.8 Å². The predicted octanol–water partition coefficient (Wildman–Crippen LogP) is 3.33. The molecule has 32 heavy (non-hydrogen) atoms. The fourth-order valence-electron chi connectivity index (χ4n) is 3.37. The van der Waals surface area contributed by atoms with E-state index in [1.54, 1.807) is 36.1 Å². The lowest BCUT2D eigenvalue weighted by Crippen LogP contribution is -2.47. The van der Waals surface area contributed by atoms with E-state index in [1.165, 1.54) is 0 Å². The summed E-state index contributed by atoms with van der Waals surface area (Å²) in [6.07, 6.45) is 0.568. The van der Waals surface area contributed by atoms with Crippen LogP contribution in [0.25, 0.3) is 0 Å². The van der Waals surface area contributed by atoms with Crippen molar-refractivity contribution in [1.82, 2.24) is 10.2 Å². The monoisotopic (exact) mass is 440 g/mol. The zero-order valence-electron chi connectivity index (χ0n) is 18.3. The number of carbonyl (C=O) groups excluding carboxylic acids is 3. The van der Waals surface area contributed by atoms with Gasteiger partial charge in [0.2, 0.25) is 0 Å². The van der Waals surface area contributed by atoms with Crippen LogP contribution in [0.15, 0.2) is 48.5 Å². The zero-order chi connectivity index (χ0) is 22.9. The van der Waals surface area contributed by atoms with E-state index in [4.69, 9.17) is 14.2 Å². The fraction of sp³-hybridized carbons (Fsp3) is 0.375. The van der Waals surface area contributed by atoms with Crippen LogP contribution in [0.5, 0.6) is 11.5 Å². The van der Waals surface area contributed by atoms with Gasteiger partial charge in [0.1, 0.15) is 11.5 Å². The summed E-state index contributed by atoms with van der Waals surface area (Å²) >= 11 is 0. The molecular formula is C24H28N2O6. The van der Waals surface area contributed by atoms with Crippen molar-refractivity contribution in [3.05, 3.63) is 59.7 Å². The number of ether oxygens (including phenoxy) is 3. The number of nitrogens with zero attached hydrogens (tertiary/aromatic N) is 1. The largest absolute Gasteiger partial charge is 0.513 e. The van der Waals surface area contributed by atoms with Gasteiger partial charge in [0, 0.05) is 24.7 Å². The van der Waals surface area contributed by atoms with Gasteiger partial charge in [-0.1, -0.05) is 17.7 Å². The van der Waals surface area contributed by atoms with E-state index in [0.29, 0.717) is 43.0 Å². The molecule has 0 aliphatic carbocycles. The Morgan fingerprint density at radius 1 is 0.969 bits per heavy atom. The van der Waals surface area contributed by atoms with Gasteiger partial charge in [-0.05, 0) is 63.1 Å². The number of benzene rings is 2. The van der Waals surface area contributed by atoms with Gasteiger partial charge < -0.3 is 24.4 Å². The summed E-state index contributed by atoms with van der Waals surface area (Å²) in [5.74, 6) is 0.701. The van der Waals surface area contributed by atoms with Crippen molar-refractivity contribution < 1.29 is 28.6 Å². The van der Waals surface area contributed by atoms with Crippen LogP contribution in [0.2, 0.25) is 0 Å². The molecule has 0 unspecified atom stereocenters. The molecule has 1 heterocycles. The Balaban J connectivity index is 1.41. The third-order valence-electron chi connectivity index (χ3n) is 5.10. The standard InChI is InChI=1S/C24H28N2O6/c1-3-30-24(29)32-21-10-6-18(7-11-21)23(28)26-14-12-19(13-15-26)25-22(27)16-31-20-8-4-17(2)5-9-20/h4-11,19H,3,12-16H2,1-2H3,(H,25,27). The van der Waals surface area contributed by atoms with Crippen LogP contribution in [0.1, 0.15) is 35.7 Å². The van der Waals surface area contributed by atoms with Crippen molar-refractivity contribution in [2.75, 3.05) is 26.3 Å². The molecule has 0 atom stereocenters. The Morgan fingerprint density at radius 2 is 1.59 bits per heavy atom. The minimum Gasteiger partial charge on any atom is -0.484 e. The number of likely N-dealkylation sites (tertiary alicyclic amines) is 1. The number of nitrogens with one attached hydrogen (secondary N) is 1. The normalized spacial score (nSPS) is 13.9. The first-order chi connectivity index (χ1) is 15.4. The average molecular weight is 440 g/mol. The fourth-order valence-corrected chi connectivity index (χ4v) is 3.37. The van der Waals surface area contributed by atoms with E-state index in [9.17, 15) is 14.4 Å². The van der Waals surface area contributed by atoms with E-state index in [2.05, 4.69) is 5.32 Å². The molecular weight excluding hydrogens is 412 g/mol. The van der Waals surface area contributed by atoms with E-state index < -0.39 is 6.16 Å². The van der Waals surface area contributed by atoms with Crippen LogP contribution in [-0.4, -0.2) is 55.2 Å². The van der Waals surface area contributed by atoms with Crippen molar-refractivity contribution in [1.29, 1.82) is 0 Å². The quantitative estimate of drug-likeness (QED) is 0.524. The summed E-state index contributed by atoms with van der Waals surface area (Å²) < 4.78 is 15.2. The van der Waals surface area contributed by atoms with Gasteiger partial charge >= 0.3 is 6.16 Å². The van der Waals surface area contributed by atoms with Crippen LogP contribution in [0.4, 0.5) is 4.79 Å². The maximum atomic E-state index is 12.7. The Kier molecular flexibility index (Phi) is 8.08. The van der Waals surface area contributed by atoms with Crippen molar-refractivity contribution in [2.24, 2.45) is 0 Å². The maximum Gasteiger partial charge on any atom is 0.513 e. The maximum absolute atomic E-state index is 12.7. The summed E-state index contributed by atoms with van der Waals surface area (Å²) in [6, 6.07) is 13.9. The number of hydrogen-bond donors (Lipinski definition) is 1. The highest BCUT2D eigenvalue weighted by atomic mass is 16.7. The molecule has 0 aromatic heterocycles. The average Bonchev–Trinajstić information content (AvgIpc) is 2.79. The zero-order valence-corrected chi connectivity index (χ0v) is 18.3. The predicted molar refractivity (Wildman–Crippen MR) is 118 cm³/mol. The van der Waals surface area contributed by atoms with E-state index in [0.717, 1.165) is 5.56 Å². The van der Waals surface area contributed by atoms with Gasteiger partial charge in [0.15, 0.2) is 6.61 Å². The Labute approximate surface area is 187 Å². The Morgan fingerprint density at radius 3 is 2.22 bits per heavy atom. The molecule has 2 aromatic carbocycles. The molecule has 170 valence electrons. The van der Waals surface area contributed by atoms with Gasteiger partial charge in [0.05, 0.1) is 6.61 Å². The van der Waals surface area contributed by atoms with Crippen molar-refractivity contribution in [3.8, 4) is 11.5 Å². The number of aryl methyl sites for hydroxylation is 1. The molecule has 1 aliphatic rings. The number of rotatable bonds is 7. The van der Waals surface area contributed by atoms with Gasteiger partial charge in [-0.15, -0.1) is 0 Å². The van der Waals surface area contributed by atoms with E-state index in [1.807, 2.05) is 31.2 Å². The highest BCUT2D eigenvalue weighted by Gasteiger charge is 2.24.